The number of aryl methyl sites for hydroxylation is 1. The molecule has 0 saturated heterocycles. The number of rotatable bonds is 12. The van der Waals surface area contributed by atoms with Gasteiger partial charge in [-0.05, 0) is 146 Å². The number of hydrogen-bond donors (Lipinski definition) is 2. The maximum Gasteiger partial charge on any atom is 0.453 e. The van der Waals surface area contributed by atoms with Gasteiger partial charge in [0.1, 0.15) is 11.5 Å². The van der Waals surface area contributed by atoms with E-state index < -0.39 is 24.1 Å². The first-order valence-electron chi connectivity index (χ1n) is 16.6. The smallest absolute Gasteiger partial charge is 0.453 e. The number of aliphatic hydroxyl groups is 1. The molecular formula is C36H45F5O3S. The Morgan fingerprint density at radius 2 is 1.62 bits per heavy atom. The van der Waals surface area contributed by atoms with Crippen LogP contribution in [0.1, 0.15) is 106 Å². The van der Waals surface area contributed by atoms with Crippen LogP contribution in [0.15, 0.2) is 42.5 Å². The van der Waals surface area contributed by atoms with E-state index in [1.807, 2.05) is 24.3 Å². The second-order valence-electron chi connectivity index (χ2n) is 14.3. The molecule has 2 bridgehead atoms. The van der Waals surface area contributed by atoms with Crippen LogP contribution in [-0.2, 0) is 6.42 Å². The summed E-state index contributed by atoms with van der Waals surface area (Å²) >= 11 is 1.42. The third-order valence-corrected chi connectivity index (χ3v) is 13.4. The summed E-state index contributed by atoms with van der Waals surface area (Å²) in [4.78, 5) is 0. The molecule has 2 aromatic rings. The van der Waals surface area contributed by atoms with E-state index in [1.54, 1.807) is 0 Å². The van der Waals surface area contributed by atoms with Gasteiger partial charge in [-0.3, -0.25) is 0 Å². The SMILES string of the molecule is C[C@]12C[C@H](c3ccc(OCCCCCSCCCC(F)(F)C(F)(F)F)cc3)[C@@H]3c4ccc(O)cc4CC[C@H]3C13CCC2(O)CC3. The number of halogens is 5. The van der Waals surface area contributed by atoms with Crippen LogP contribution in [0.4, 0.5) is 22.0 Å². The number of ether oxygens (including phenoxy) is 1. The number of aromatic hydroxyl groups is 1. The molecule has 4 aliphatic rings. The Balaban J connectivity index is 1.03. The zero-order chi connectivity index (χ0) is 32.1. The van der Waals surface area contributed by atoms with Crippen molar-refractivity contribution in [3.8, 4) is 11.5 Å². The first-order valence-corrected chi connectivity index (χ1v) is 17.8. The predicted octanol–water partition coefficient (Wildman–Crippen LogP) is 9.80. The molecule has 4 atom stereocenters. The first kappa shape index (κ1) is 32.9. The molecular weight excluding hydrogens is 607 g/mol. The van der Waals surface area contributed by atoms with Gasteiger partial charge in [-0.25, -0.2) is 0 Å². The van der Waals surface area contributed by atoms with Gasteiger partial charge in [0.25, 0.3) is 0 Å². The van der Waals surface area contributed by atoms with Crippen LogP contribution in [0.25, 0.3) is 0 Å². The highest BCUT2D eigenvalue weighted by molar-refractivity contribution is 7.99. The molecule has 248 valence electrons. The molecule has 6 rings (SSSR count). The first-order chi connectivity index (χ1) is 21.3. The molecule has 0 aliphatic heterocycles. The third kappa shape index (κ3) is 5.76. The lowest BCUT2D eigenvalue weighted by molar-refractivity contribution is -0.284. The standard InChI is InChI=1S/C36H45F5O3S/c1-32-23-29(31-28-12-9-26(42)22-25(28)8-13-30(31)33(32)15-17-34(32,43)18-16-33)24-6-10-27(11-7-24)44-19-3-2-4-20-45-21-5-14-35(37,38)36(39,40)41/h6-7,9-12,22,29-31,42-43H,2-5,8,13-21,23H2,1H3/t29-,30-,31+,32+,33?,34?/m1/s1. The van der Waals surface area contributed by atoms with Crippen molar-refractivity contribution >= 4 is 11.8 Å². The Kier molecular flexibility index (Phi) is 8.94. The van der Waals surface area contributed by atoms with E-state index in [1.165, 1.54) is 28.5 Å². The minimum atomic E-state index is -5.47. The van der Waals surface area contributed by atoms with Gasteiger partial charge in [0.05, 0.1) is 12.2 Å². The predicted molar refractivity (Wildman–Crippen MR) is 167 cm³/mol. The Hall–Kier alpha value is -2.00. The lowest BCUT2D eigenvalue weighted by Crippen LogP contribution is -2.54. The van der Waals surface area contributed by atoms with Crippen LogP contribution in [0, 0.1) is 16.7 Å². The van der Waals surface area contributed by atoms with E-state index >= 15 is 0 Å². The van der Waals surface area contributed by atoms with Crippen molar-refractivity contribution in [2.75, 3.05) is 18.1 Å². The molecule has 2 aromatic carbocycles. The number of unbranched alkanes of at least 4 members (excludes halogenated alkanes) is 2. The summed E-state index contributed by atoms with van der Waals surface area (Å²) in [5, 5.41) is 22.1. The highest BCUT2D eigenvalue weighted by atomic mass is 32.2. The molecule has 45 heavy (non-hydrogen) atoms. The number of alkyl halides is 5. The van der Waals surface area contributed by atoms with Crippen LogP contribution in [-0.4, -0.2) is 46.0 Å². The van der Waals surface area contributed by atoms with E-state index in [0.717, 1.165) is 75.7 Å². The summed E-state index contributed by atoms with van der Waals surface area (Å²) in [6.45, 7) is 2.92. The summed E-state index contributed by atoms with van der Waals surface area (Å²) in [5.74, 6) is -1.32. The maximum absolute atomic E-state index is 13.0. The van der Waals surface area contributed by atoms with Crippen molar-refractivity contribution in [3.63, 3.8) is 0 Å². The van der Waals surface area contributed by atoms with Crippen molar-refractivity contribution < 1.29 is 36.9 Å². The van der Waals surface area contributed by atoms with Gasteiger partial charge in [-0.15, -0.1) is 0 Å². The van der Waals surface area contributed by atoms with Crippen molar-refractivity contribution in [2.24, 2.45) is 16.7 Å². The van der Waals surface area contributed by atoms with Crippen LogP contribution in [0.3, 0.4) is 0 Å². The van der Waals surface area contributed by atoms with Crippen LogP contribution >= 0.6 is 11.8 Å². The Morgan fingerprint density at radius 3 is 2.33 bits per heavy atom. The molecule has 0 amide bonds. The number of fused-ring (bicyclic) bond motifs is 3. The van der Waals surface area contributed by atoms with Gasteiger partial charge in [0.15, 0.2) is 0 Å². The van der Waals surface area contributed by atoms with E-state index in [-0.39, 0.29) is 23.2 Å². The average molecular weight is 653 g/mol. The lowest BCUT2D eigenvalue weighted by atomic mass is 9.45. The number of phenolic OH excluding ortho intramolecular Hbond substituents is 1. The molecule has 3 fully saturated rings. The fraction of sp³-hybridized carbons (Fsp3) is 0.667. The second-order valence-corrected chi connectivity index (χ2v) is 15.5. The van der Waals surface area contributed by atoms with Gasteiger partial charge < -0.3 is 14.9 Å². The molecule has 0 unspecified atom stereocenters. The Labute approximate surface area is 267 Å². The van der Waals surface area contributed by atoms with Gasteiger partial charge in [-0.2, -0.15) is 33.7 Å². The fourth-order valence-corrected chi connectivity index (χ4v) is 10.8. The van der Waals surface area contributed by atoms with Crippen LogP contribution in [0.5, 0.6) is 11.5 Å². The van der Waals surface area contributed by atoms with Crippen molar-refractivity contribution in [1.29, 1.82) is 0 Å². The van der Waals surface area contributed by atoms with E-state index in [2.05, 4.69) is 25.1 Å². The third-order valence-electron chi connectivity index (χ3n) is 12.2. The van der Waals surface area contributed by atoms with Gasteiger partial charge in [0, 0.05) is 11.8 Å². The molecule has 3 nitrogen and oxygen atoms in total. The van der Waals surface area contributed by atoms with Crippen molar-refractivity contribution in [2.45, 2.75) is 114 Å². The monoisotopic (exact) mass is 652 g/mol. The summed E-state index contributed by atoms with van der Waals surface area (Å²) in [6.07, 6.45) is 2.84. The Morgan fingerprint density at radius 1 is 0.911 bits per heavy atom. The van der Waals surface area contributed by atoms with Crippen molar-refractivity contribution in [3.05, 3.63) is 59.2 Å². The normalized spacial score (nSPS) is 32.2. The van der Waals surface area contributed by atoms with Gasteiger partial charge in [0.2, 0.25) is 0 Å². The van der Waals surface area contributed by atoms with Crippen LogP contribution < -0.4 is 4.74 Å². The number of hydrogen-bond acceptors (Lipinski definition) is 4. The molecule has 9 heteroatoms. The molecule has 0 aromatic heterocycles. The van der Waals surface area contributed by atoms with Gasteiger partial charge >= 0.3 is 12.1 Å². The largest absolute Gasteiger partial charge is 0.508 e. The summed E-state index contributed by atoms with van der Waals surface area (Å²) in [5.41, 5.74) is 3.37. The quantitative estimate of drug-likeness (QED) is 0.177. The zero-order valence-corrected chi connectivity index (χ0v) is 26.8. The fourth-order valence-electron chi connectivity index (χ4n) is 9.82. The summed E-state index contributed by atoms with van der Waals surface area (Å²) < 4.78 is 68.7. The lowest BCUT2D eigenvalue weighted by Gasteiger charge is -2.59. The summed E-state index contributed by atoms with van der Waals surface area (Å²) in [6, 6.07) is 14.4. The molecule has 4 aliphatic carbocycles. The molecule has 2 N–H and O–H groups in total. The maximum atomic E-state index is 13.0. The average Bonchev–Trinajstić information content (AvgIpc) is 3.37. The number of phenols is 1. The van der Waals surface area contributed by atoms with Gasteiger partial charge in [-0.1, -0.05) is 25.1 Å². The minimum Gasteiger partial charge on any atom is -0.508 e. The van der Waals surface area contributed by atoms with Crippen molar-refractivity contribution in [1.82, 2.24) is 0 Å². The van der Waals surface area contributed by atoms with Crippen LogP contribution in [0.2, 0.25) is 0 Å². The topological polar surface area (TPSA) is 49.7 Å². The van der Waals surface area contributed by atoms with E-state index in [4.69, 9.17) is 4.74 Å². The molecule has 0 radical (unpaired) electrons. The number of benzene rings is 2. The highest BCUT2D eigenvalue weighted by Gasteiger charge is 2.74. The van der Waals surface area contributed by atoms with E-state index in [0.29, 0.717) is 29.9 Å². The zero-order valence-electron chi connectivity index (χ0n) is 26.0. The summed E-state index contributed by atoms with van der Waals surface area (Å²) in [7, 11) is 0. The second kappa shape index (κ2) is 12.2. The molecule has 3 saturated carbocycles. The molecule has 0 heterocycles. The highest BCUT2D eigenvalue weighted by Crippen LogP contribution is 2.79. The molecule has 0 spiro atoms. The number of thioether (sulfide) groups is 1. The van der Waals surface area contributed by atoms with E-state index in [9.17, 15) is 32.2 Å². The minimum absolute atomic E-state index is 0.109. The Bertz CT molecular complexity index is 1340.